The molecule has 1 aromatic heterocycles. The highest BCUT2D eigenvalue weighted by Gasteiger charge is 2.15. The van der Waals surface area contributed by atoms with Crippen molar-refractivity contribution in [3.63, 3.8) is 0 Å². The summed E-state index contributed by atoms with van der Waals surface area (Å²) in [6.45, 7) is 5.73. The van der Waals surface area contributed by atoms with Crippen LogP contribution in [-0.4, -0.2) is 21.2 Å². The Kier molecular flexibility index (Phi) is 5.11. The molecule has 5 nitrogen and oxygen atoms in total. The van der Waals surface area contributed by atoms with E-state index in [4.69, 9.17) is 11.6 Å². The molecule has 0 atom stereocenters. The fraction of sp³-hybridized carbons (Fsp3) is 0.200. The quantitative estimate of drug-likeness (QED) is 0.637. The fourth-order valence-corrected chi connectivity index (χ4v) is 3.15. The molecule has 0 bridgehead atoms. The van der Waals surface area contributed by atoms with Crippen LogP contribution in [0, 0.1) is 20.8 Å². The second kappa shape index (κ2) is 7.32. The maximum absolute atomic E-state index is 12.6. The van der Waals surface area contributed by atoms with Gasteiger partial charge in [-0.15, -0.1) is 0 Å². The number of aliphatic hydroxyl groups is 1. The highest BCUT2D eigenvalue weighted by atomic mass is 35.5. The normalized spacial score (nSPS) is 10.8. The summed E-state index contributed by atoms with van der Waals surface area (Å²) in [5, 5.41) is 19.8. The van der Waals surface area contributed by atoms with E-state index in [9.17, 15) is 9.90 Å². The van der Waals surface area contributed by atoms with Gasteiger partial charge in [-0.05, 0) is 55.7 Å². The number of amides is 1. The van der Waals surface area contributed by atoms with Gasteiger partial charge >= 0.3 is 0 Å². The van der Waals surface area contributed by atoms with Crippen molar-refractivity contribution < 1.29 is 9.90 Å². The van der Waals surface area contributed by atoms with Crippen LogP contribution in [0.5, 0.6) is 0 Å². The van der Waals surface area contributed by atoms with Gasteiger partial charge in [-0.3, -0.25) is 9.89 Å². The lowest BCUT2D eigenvalue weighted by Gasteiger charge is -2.12. The molecule has 0 aliphatic rings. The zero-order chi connectivity index (χ0) is 18.8. The molecule has 3 N–H and O–H groups in total. The van der Waals surface area contributed by atoms with Gasteiger partial charge in [0.05, 0.1) is 17.3 Å². The minimum Gasteiger partial charge on any atom is -0.392 e. The lowest BCUT2D eigenvalue weighted by molar-refractivity contribution is 0.102. The number of benzene rings is 2. The van der Waals surface area contributed by atoms with E-state index in [2.05, 4.69) is 15.5 Å². The third-order valence-corrected chi connectivity index (χ3v) is 4.56. The average Bonchev–Trinajstić information content (AvgIpc) is 3.09. The molecule has 6 heteroatoms. The number of anilines is 1. The van der Waals surface area contributed by atoms with Crippen molar-refractivity contribution in [3.05, 3.63) is 69.4 Å². The first-order valence-electron chi connectivity index (χ1n) is 8.23. The third-order valence-electron chi connectivity index (χ3n) is 4.23. The third kappa shape index (κ3) is 3.64. The summed E-state index contributed by atoms with van der Waals surface area (Å²) in [6, 6.07) is 11.1. The summed E-state index contributed by atoms with van der Waals surface area (Å²) in [7, 11) is 0. The van der Waals surface area contributed by atoms with E-state index in [0.717, 1.165) is 33.5 Å². The summed E-state index contributed by atoms with van der Waals surface area (Å²) in [6.07, 6.45) is 0. The topological polar surface area (TPSA) is 78.0 Å². The van der Waals surface area contributed by atoms with Crippen molar-refractivity contribution in [1.82, 2.24) is 10.2 Å². The smallest absolute Gasteiger partial charge is 0.273 e. The molecule has 0 aliphatic carbocycles. The highest BCUT2D eigenvalue weighted by Crippen LogP contribution is 2.28. The Hall–Kier alpha value is -2.63. The van der Waals surface area contributed by atoms with Gasteiger partial charge in [-0.2, -0.15) is 5.10 Å². The Labute approximate surface area is 157 Å². The molecule has 0 saturated heterocycles. The average molecular weight is 370 g/mol. The van der Waals surface area contributed by atoms with Gasteiger partial charge < -0.3 is 10.4 Å². The molecule has 0 fully saturated rings. The van der Waals surface area contributed by atoms with Crippen molar-refractivity contribution in [3.8, 4) is 11.3 Å². The molecule has 1 heterocycles. The van der Waals surface area contributed by atoms with Gasteiger partial charge in [0.1, 0.15) is 5.69 Å². The molecule has 0 unspecified atom stereocenters. The first kappa shape index (κ1) is 18.2. The molecular formula is C20H20ClN3O2. The Bertz CT molecular complexity index is 956. The largest absolute Gasteiger partial charge is 0.392 e. The van der Waals surface area contributed by atoms with E-state index in [1.807, 2.05) is 51.1 Å². The summed E-state index contributed by atoms with van der Waals surface area (Å²) >= 11 is 6.24. The Morgan fingerprint density at radius 1 is 1.15 bits per heavy atom. The number of halogens is 1. The highest BCUT2D eigenvalue weighted by molar-refractivity contribution is 6.33. The molecule has 134 valence electrons. The Morgan fingerprint density at radius 2 is 1.85 bits per heavy atom. The van der Waals surface area contributed by atoms with E-state index in [1.54, 1.807) is 6.07 Å². The fourth-order valence-electron chi connectivity index (χ4n) is 2.93. The number of hydrogen-bond donors (Lipinski definition) is 3. The zero-order valence-corrected chi connectivity index (χ0v) is 15.6. The summed E-state index contributed by atoms with van der Waals surface area (Å²) in [5.74, 6) is -0.282. The first-order valence-corrected chi connectivity index (χ1v) is 8.61. The van der Waals surface area contributed by atoms with Gasteiger partial charge in [0.25, 0.3) is 5.91 Å². The van der Waals surface area contributed by atoms with Crippen LogP contribution in [0.3, 0.4) is 0 Å². The van der Waals surface area contributed by atoms with Gasteiger partial charge in [0.2, 0.25) is 0 Å². The minimum absolute atomic E-state index is 0.0307. The predicted molar refractivity (Wildman–Crippen MR) is 104 cm³/mol. The van der Waals surface area contributed by atoms with Crippen LogP contribution in [0.4, 0.5) is 5.69 Å². The maximum atomic E-state index is 12.6. The number of nitrogens with one attached hydrogen (secondary N) is 2. The van der Waals surface area contributed by atoms with Crippen LogP contribution in [0.25, 0.3) is 11.3 Å². The first-order chi connectivity index (χ1) is 12.4. The number of aryl methyl sites for hydroxylation is 3. The molecule has 0 radical (unpaired) electrons. The molecule has 0 spiro atoms. The number of hydrogen-bond acceptors (Lipinski definition) is 3. The van der Waals surface area contributed by atoms with Crippen LogP contribution in [-0.2, 0) is 6.61 Å². The number of rotatable bonds is 4. The lowest BCUT2D eigenvalue weighted by Crippen LogP contribution is -2.14. The molecule has 3 rings (SSSR count). The Morgan fingerprint density at radius 3 is 2.50 bits per heavy atom. The summed E-state index contributed by atoms with van der Waals surface area (Å²) in [5.41, 5.74) is 6.14. The molecule has 0 aliphatic heterocycles. The number of H-pyrrole nitrogens is 1. The van der Waals surface area contributed by atoms with Gasteiger partial charge in [0.15, 0.2) is 0 Å². The molecule has 1 amide bonds. The van der Waals surface area contributed by atoms with E-state index in [1.165, 1.54) is 0 Å². The van der Waals surface area contributed by atoms with Crippen molar-refractivity contribution in [1.29, 1.82) is 0 Å². The van der Waals surface area contributed by atoms with E-state index in [0.29, 0.717) is 16.4 Å². The van der Waals surface area contributed by atoms with Crippen molar-refractivity contribution in [2.24, 2.45) is 0 Å². The maximum Gasteiger partial charge on any atom is 0.273 e. The van der Waals surface area contributed by atoms with Crippen molar-refractivity contribution in [2.45, 2.75) is 27.4 Å². The summed E-state index contributed by atoms with van der Waals surface area (Å²) in [4.78, 5) is 12.6. The zero-order valence-electron chi connectivity index (χ0n) is 14.9. The molecule has 0 saturated carbocycles. The molecule has 2 aromatic carbocycles. The van der Waals surface area contributed by atoms with E-state index in [-0.39, 0.29) is 12.5 Å². The number of carbonyl (C=O) groups excluding carboxylic acids is 1. The number of aliphatic hydroxyl groups excluding tert-OH is 1. The second-order valence-corrected chi connectivity index (χ2v) is 6.77. The van der Waals surface area contributed by atoms with Crippen molar-refractivity contribution >= 4 is 23.2 Å². The van der Waals surface area contributed by atoms with Crippen LogP contribution >= 0.6 is 11.6 Å². The molecule has 26 heavy (non-hydrogen) atoms. The SMILES string of the molecule is Cc1ccc(Cl)c(-c2cc(C(=O)Nc3c(C)cc(CO)cc3C)[nH]n2)c1. The van der Waals surface area contributed by atoms with Crippen LogP contribution in [0.1, 0.15) is 32.7 Å². The van der Waals surface area contributed by atoms with Crippen molar-refractivity contribution in [2.75, 3.05) is 5.32 Å². The number of aromatic amines is 1. The monoisotopic (exact) mass is 369 g/mol. The van der Waals surface area contributed by atoms with Gasteiger partial charge in [-0.1, -0.05) is 35.4 Å². The van der Waals surface area contributed by atoms with Gasteiger partial charge in [-0.25, -0.2) is 0 Å². The Balaban J connectivity index is 1.86. The van der Waals surface area contributed by atoms with Gasteiger partial charge in [0, 0.05) is 11.3 Å². The number of nitrogens with zero attached hydrogens (tertiary/aromatic N) is 1. The standard InChI is InChI=1S/C20H20ClN3O2/c1-11-4-5-16(21)15(6-11)17-9-18(24-23-17)20(26)22-19-12(2)7-14(10-25)8-13(19)3/h4-9,25H,10H2,1-3H3,(H,22,26)(H,23,24). The molecular weight excluding hydrogens is 350 g/mol. The van der Waals surface area contributed by atoms with E-state index < -0.39 is 0 Å². The van der Waals surface area contributed by atoms with Crippen LogP contribution in [0.2, 0.25) is 5.02 Å². The molecule has 3 aromatic rings. The van der Waals surface area contributed by atoms with Crippen LogP contribution < -0.4 is 5.32 Å². The van der Waals surface area contributed by atoms with E-state index >= 15 is 0 Å². The minimum atomic E-state index is -0.282. The van der Waals surface area contributed by atoms with Crippen LogP contribution in [0.15, 0.2) is 36.4 Å². The second-order valence-electron chi connectivity index (χ2n) is 6.37. The summed E-state index contributed by atoms with van der Waals surface area (Å²) < 4.78 is 0. The number of carbonyl (C=O) groups is 1. The predicted octanol–water partition coefficient (Wildman–Crippen LogP) is 4.40. The lowest BCUT2D eigenvalue weighted by atomic mass is 10.0. The number of aromatic nitrogens is 2.